The lowest BCUT2D eigenvalue weighted by molar-refractivity contribution is -0.971. The molecule has 1 aromatic carbocycles. The Balaban J connectivity index is 3.18. The third kappa shape index (κ3) is 3.44. The number of carbonyl (C=O) groups excluding carboxylic acids is 1. The molecule has 19 heavy (non-hydrogen) atoms. The Hall–Kier alpha value is -1.61. The Kier molecular flexibility index (Phi) is 5.77. The number of rotatable bonds is 7. The molecule has 3 nitrogen and oxygen atoms in total. The first-order valence-corrected chi connectivity index (χ1v) is 6.87. The molecule has 0 aliphatic rings. The molecule has 1 aromatic rings. The summed E-state index contributed by atoms with van der Waals surface area (Å²) in [6.07, 6.45) is 0.956. The molecule has 0 amide bonds. The Morgan fingerprint density at radius 2 is 1.74 bits per heavy atom. The topological polar surface area (TPSA) is 26.3 Å². The van der Waals surface area contributed by atoms with Crippen LogP contribution >= 0.6 is 0 Å². The fourth-order valence-corrected chi connectivity index (χ4v) is 2.44. The van der Waals surface area contributed by atoms with Gasteiger partial charge in [-0.15, -0.1) is 0 Å². The molecule has 0 spiro atoms. The maximum atomic E-state index is 11.6. The van der Waals surface area contributed by atoms with E-state index in [4.69, 9.17) is 4.74 Å². The molecule has 0 saturated carbocycles. The van der Waals surface area contributed by atoms with Gasteiger partial charge in [0.25, 0.3) is 6.23 Å². The van der Waals surface area contributed by atoms with E-state index in [2.05, 4.69) is 27.4 Å². The number of esters is 1. The molecule has 0 bridgehead atoms. The standard InChI is InChI=1S/C16H24NO2/c1-5-15(18)19-16(14-12-10-9-11-13-14)17(6-2,7-3)8-4/h5,9-13,16H,1,6-8H2,2-4H3/q+1. The van der Waals surface area contributed by atoms with Crippen LogP contribution in [0.15, 0.2) is 43.0 Å². The second-order valence-corrected chi connectivity index (χ2v) is 4.57. The van der Waals surface area contributed by atoms with Crippen molar-refractivity contribution in [1.82, 2.24) is 0 Å². The predicted octanol–water partition coefficient (Wildman–Crippen LogP) is 3.29. The van der Waals surface area contributed by atoms with Crippen molar-refractivity contribution in [1.29, 1.82) is 0 Å². The number of hydrogen-bond donors (Lipinski definition) is 0. The quantitative estimate of drug-likeness (QED) is 0.326. The summed E-state index contributed by atoms with van der Waals surface area (Å²) in [5, 5.41) is 0. The highest BCUT2D eigenvalue weighted by molar-refractivity contribution is 5.81. The highest BCUT2D eigenvalue weighted by Crippen LogP contribution is 2.29. The molecular weight excluding hydrogens is 238 g/mol. The van der Waals surface area contributed by atoms with Gasteiger partial charge in [0.15, 0.2) is 0 Å². The summed E-state index contributed by atoms with van der Waals surface area (Å²) in [7, 11) is 0. The first-order chi connectivity index (χ1) is 9.13. The third-order valence-corrected chi connectivity index (χ3v) is 3.87. The van der Waals surface area contributed by atoms with Gasteiger partial charge < -0.3 is 4.74 Å². The van der Waals surface area contributed by atoms with Crippen molar-refractivity contribution in [2.24, 2.45) is 0 Å². The van der Waals surface area contributed by atoms with Crippen LogP contribution < -0.4 is 0 Å². The second-order valence-electron chi connectivity index (χ2n) is 4.57. The normalized spacial score (nSPS) is 12.8. The first kappa shape index (κ1) is 15.4. The van der Waals surface area contributed by atoms with Gasteiger partial charge in [-0.3, -0.25) is 4.48 Å². The molecule has 0 heterocycles. The van der Waals surface area contributed by atoms with E-state index < -0.39 is 0 Å². The van der Waals surface area contributed by atoms with E-state index in [1.54, 1.807) is 0 Å². The summed E-state index contributed by atoms with van der Waals surface area (Å²) in [5.41, 5.74) is 1.03. The lowest BCUT2D eigenvalue weighted by atomic mass is 10.1. The van der Waals surface area contributed by atoms with Gasteiger partial charge in [-0.1, -0.05) is 24.8 Å². The largest absolute Gasteiger partial charge is 0.405 e. The zero-order chi connectivity index (χ0) is 14.3. The van der Waals surface area contributed by atoms with Crippen LogP contribution in [0, 0.1) is 0 Å². The van der Waals surface area contributed by atoms with Gasteiger partial charge in [0.05, 0.1) is 25.2 Å². The molecule has 104 valence electrons. The number of hydrogen-bond acceptors (Lipinski definition) is 2. The van der Waals surface area contributed by atoms with Gasteiger partial charge in [-0.2, -0.15) is 0 Å². The van der Waals surface area contributed by atoms with E-state index in [0.29, 0.717) is 0 Å². The number of benzene rings is 1. The van der Waals surface area contributed by atoms with Gasteiger partial charge >= 0.3 is 5.97 Å². The first-order valence-electron chi connectivity index (χ1n) is 6.87. The van der Waals surface area contributed by atoms with Crippen LogP contribution in [-0.2, 0) is 9.53 Å². The molecule has 0 aromatic heterocycles. The lowest BCUT2D eigenvalue weighted by Crippen LogP contribution is -2.51. The highest BCUT2D eigenvalue weighted by atomic mass is 16.6. The van der Waals surface area contributed by atoms with Crippen molar-refractivity contribution in [3.05, 3.63) is 48.6 Å². The maximum Gasteiger partial charge on any atom is 0.334 e. The minimum Gasteiger partial charge on any atom is -0.405 e. The fourth-order valence-electron chi connectivity index (χ4n) is 2.44. The van der Waals surface area contributed by atoms with Crippen LogP contribution in [0.1, 0.15) is 32.6 Å². The molecule has 0 saturated heterocycles. The van der Waals surface area contributed by atoms with Gasteiger partial charge in [0.1, 0.15) is 0 Å². The van der Waals surface area contributed by atoms with Gasteiger partial charge in [0, 0.05) is 6.08 Å². The maximum absolute atomic E-state index is 11.6. The van der Waals surface area contributed by atoms with Crippen LogP contribution in [0.3, 0.4) is 0 Å². The van der Waals surface area contributed by atoms with Crippen molar-refractivity contribution in [3.63, 3.8) is 0 Å². The van der Waals surface area contributed by atoms with Crippen molar-refractivity contribution in [2.45, 2.75) is 27.0 Å². The molecule has 0 aliphatic carbocycles. The predicted molar refractivity (Wildman–Crippen MR) is 77.4 cm³/mol. The molecule has 1 unspecified atom stereocenters. The van der Waals surface area contributed by atoms with Crippen molar-refractivity contribution in [2.75, 3.05) is 19.6 Å². The minimum atomic E-state index is -0.369. The van der Waals surface area contributed by atoms with E-state index in [1.807, 2.05) is 30.3 Å². The van der Waals surface area contributed by atoms with E-state index in [9.17, 15) is 4.79 Å². The number of nitrogens with zero attached hydrogens (tertiary/aromatic N) is 1. The number of quaternary nitrogens is 1. The molecule has 0 fully saturated rings. The monoisotopic (exact) mass is 262 g/mol. The molecule has 0 aliphatic heterocycles. The Labute approximate surface area is 116 Å². The van der Waals surface area contributed by atoms with Crippen molar-refractivity contribution in [3.8, 4) is 0 Å². The van der Waals surface area contributed by atoms with Crippen LogP contribution in [0.4, 0.5) is 0 Å². The van der Waals surface area contributed by atoms with E-state index in [0.717, 1.165) is 29.7 Å². The third-order valence-electron chi connectivity index (χ3n) is 3.87. The zero-order valence-corrected chi connectivity index (χ0v) is 12.1. The average Bonchev–Trinajstić information content (AvgIpc) is 2.49. The molecule has 0 radical (unpaired) electrons. The van der Waals surface area contributed by atoms with E-state index >= 15 is 0 Å². The van der Waals surface area contributed by atoms with Crippen LogP contribution in [-0.4, -0.2) is 30.1 Å². The number of ether oxygens (including phenoxy) is 1. The minimum absolute atomic E-state index is 0.272. The summed E-state index contributed by atoms with van der Waals surface area (Å²) in [5.74, 6) is -0.369. The molecule has 1 rings (SSSR count). The van der Waals surface area contributed by atoms with Gasteiger partial charge in [0.2, 0.25) is 0 Å². The van der Waals surface area contributed by atoms with Crippen LogP contribution in [0.25, 0.3) is 0 Å². The fraction of sp³-hybridized carbons (Fsp3) is 0.438. The summed E-state index contributed by atoms with van der Waals surface area (Å²) in [6.45, 7) is 12.6. The second kappa shape index (κ2) is 7.10. The smallest absolute Gasteiger partial charge is 0.334 e. The number of carbonyl (C=O) groups is 1. The summed E-state index contributed by atoms with van der Waals surface area (Å²) in [4.78, 5) is 11.6. The van der Waals surface area contributed by atoms with Crippen molar-refractivity contribution >= 4 is 5.97 Å². The Morgan fingerprint density at radius 3 is 2.16 bits per heavy atom. The zero-order valence-electron chi connectivity index (χ0n) is 12.1. The average molecular weight is 262 g/mol. The SMILES string of the molecule is C=CC(=O)OC(c1ccccc1)[N+](CC)(CC)CC. The Morgan fingerprint density at radius 1 is 1.21 bits per heavy atom. The molecular formula is C16H24NO2+. The van der Waals surface area contributed by atoms with Crippen LogP contribution in [0.5, 0.6) is 0 Å². The molecule has 3 heteroatoms. The summed E-state index contributed by atoms with van der Waals surface area (Å²) in [6, 6.07) is 9.93. The highest BCUT2D eigenvalue weighted by Gasteiger charge is 2.36. The van der Waals surface area contributed by atoms with Crippen molar-refractivity contribution < 1.29 is 14.0 Å². The summed E-state index contributed by atoms with van der Waals surface area (Å²) < 4.78 is 6.36. The van der Waals surface area contributed by atoms with Gasteiger partial charge in [-0.05, 0) is 32.9 Å². The molecule has 0 N–H and O–H groups in total. The van der Waals surface area contributed by atoms with E-state index in [1.165, 1.54) is 6.08 Å². The van der Waals surface area contributed by atoms with Crippen LogP contribution in [0.2, 0.25) is 0 Å². The van der Waals surface area contributed by atoms with E-state index in [-0.39, 0.29) is 12.2 Å². The summed E-state index contributed by atoms with van der Waals surface area (Å²) >= 11 is 0. The van der Waals surface area contributed by atoms with Gasteiger partial charge in [-0.25, -0.2) is 4.79 Å². The lowest BCUT2D eigenvalue weighted by Gasteiger charge is -2.41. The Bertz CT molecular complexity index is 402. The molecule has 1 atom stereocenters.